The van der Waals surface area contributed by atoms with Crippen molar-refractivity contribution in [3.05, 3.63) is 36.0 Å². The Bertz CT molecular complexity index is 698. The van der Waals surface area contributed by atoms with Gasteiger partial charge in [0.2, 0.25) is 0 Å². The van der Waals surface area contributed by atoms with Crippen molar-refractivity contribution in [1.82, 2.24) is 10.2 Å². The van der Waals surface area contributed by atoms with Crippen LogP contribution in [0.3, 0.4) is 0 Å². The standard InChI is InChI=1S/C17H21BN2O4/c1-3-6-23-17-8-12(4-5-16(17)22-2)15-7-13(10-19-20-15)14-9-18(21)24-11-14/h4-5,7-8,10,14,21H,3,6,9,11H2,1-2H3/t14-/m1/s1. The van der Waals surface area contributed by atoms with Gasteiger partial charge in [0.05, 0.1) is 25.6 Å². The third-order valence-corrected chi connectivity index (χ3v) is 4.04. The molecule has 1 aliphatic rings. The minimum Gasteiger partial charge on any atom is -0.493 e. The number of methoxy groups -OCH3 is 1. The first-order chi connectivity index (χ1) is 11.7. The van der Waals surface area contributed by atoms with E-state index in [4.69, 9.17) is 14.1 Å². The maximum Gasteiger partial charge on any atom is 0.454 e. The Balaban J connectivity index is 1.88. The Morgan fingerprint density at radius 1 is 1.33 bits per heavy atom. The highest BCUT2D eigenvalue weighted by atomic mass is 16.5. The van der Waals surface area contributed by atoms with Gasteiger partial charge in [0.25, 0.3) is 0 Å². The second kappa shape index (κ2) is 7.64. The molecule has 0 aliphatic carbocycles. The number of ether oxygens (including phenoxy) is 2. The van der Waals surface area contributed by atoms with E-state index in [2.05, 4.69) is 17.1 Å². The predicted molar refractivity (Wildman–Crippen MR) is 91.3 cm³/mol. The monoisotopic (exact) mass is 328 g/mol. The summed E-state index contributed by atoms with van der Waals surface area (Å²) in [6.07, 6.45) is 3.23. The van der Waals surface area contributed by atoms with Crippen LogP contribution >= 0.6 is 0 Å². The predicted octanol–water partition coefficient (Wildman–Crippen LogP) is 2.54. The Morgan fingerprint density at radius 3 is 2.92 bits per heavy atom. The van der Waals surface area contributed by atoms with E-state index >= 15 is 0 Å². The molecule has 6 nitrogen and oxygen atoms in total. The smallest absolute Gasteiger partial charge is 0.454 e. The van der Waals surface area contributed by atoms with Gasteiger partial charge in [0.15, 0.2) is 11.5 Å². The summed E-state index contributed by atoms with van der Waals surface area (Å²) in [7, 11) is 0.932. The average molecular weight is 328 g/mol. The molecule has 126 valence electrons. The van der Waals surface area contributed by atoms with Crippen LogP contribution in [0.15, 0.2) is 30.5 Å². The Labute approximate surface area is 141 Å². The molecule has 2 heterocycles. The lowest BCUT2D eigenvalue weighted by Crippen LogP contribution is -2.07. The zero-order valence-electron chi connectivity index (χ0n) is 13.9. The number of benzene rings is 1. The third-order valence-electron chi connectivity index (χ3n) is 4.04. The van der Waals surface area contributed by atoms with Gasteiger partial charge < -0.3 is 19.2 Å². The van der Waals surface area contributed by atoms with Crippen LogP contribution in [-0.2, 0) is 4.65 Å². The van der Waals surface area contributed by atoms with Gasteiger partial charge in [-0.2, -0.15) is 10.2 Å². The number of nitrogens with zero attached hydrogens (tertiary/aromatic N) is 2. The fourth-order valence-electron chi connectivity index (χ4n) is 2.75. The Hall–Kier alpha value is -2.12. The average Bonchev–Trinajstić information content (AvgIpc) is 3.06. The first-order valence-corrected chi connectivity index (χ1v) is 8.14. The molecule has 1 N–H and O–H groups in total. The highest BCUT2D eigenvalue weighted by molar-refractivity contribution is 6.43. The van der Waals surface area contributed by atoms with E-state index < -0.39 is 7.12 Å². The SMILES string of the molecule is CCCOc1cc(-c2cc([C@H]3COB(O)C3)cnn2)ccc1OC. The van der Waals surface area contributed by atoms with Crippen LogP contribution in [0.1, 0.15) is 24.8 Å². The minimum absolute atomic E-state index is 0.142. The summed E-state index contributed by atoms with van der Waals surface area (Å²) >= 11 is 0. The molecule has 0 saturated carbocycles. The fourth-order valence-corrected chi connectivity index (χ4v) is 2.75. The van der Waals surface area contributed by atoms with Crippen molar-refractivity contribution in [2.75, 3.05) is 20.3 Å². The Kier molecular flexibility index (Phi) is 5.32. The molecule has 1 fully saturated rings. The summed E-state index contributed by atoms with van der Waals surface area (Å²) in [5.74, 6) is 1.54. The quantitative estimate of drug-likeness (QED) is 0.822. The lowest BCUT2D eigenvalue weighted by atomic mass is 9.80. The van der Waals surface area contributed by atoms with Crippen molar-refractivity contribution in [3.63, 3.8) is 0 Å². The molecule has 3 rings (SSSR count). The normalized spacial score (nSPS) is 17.1. The summed E-state index contributed by atoms with van der Waals surface area (Å²) in [6, 6.07) is 7.72. The van der Waals surface area contributed by atoms with Crippen LogP contribution in [-0.4, -0.2) is 42.7 Å². The zero-order chi connectivity index (χ0) is 16.9. The van der Waals surface area contributed by atoms with Crippen LogP contribution in [0.5, 0.6) is 11.5 Å². The van der Waals surface area contributed by atoms with E-state index in [9.17, 15) is 5.02 Å². The molecule has 0 spiro atoms. The van der Waals surface area contributed by atoms with Crippen molar-refractivity contribution in [2.24, 2.45) is 0 Å². The fraction of sp³-hybridized carbons (Fsp3) is 0.412. The van der Waals surface area contributed by atoms with E-state index in [1.807, 2.05) is 24.3 Å². The molecule has 1 atom stereocenters. The second-order valence-electron chi connectivity index (χ2n) is 5.81. The highest BCUT2D eigenvalue weighted by Gasteiger charge is 2.30. The first kappa shape index (κ1) is 16.7. The van der Waals surface area contributed by atoms with Gasteiger partial charge >= 0.3 is 7.12 Å². The summed E-state index contributed by atoms with van der Waals surface area (Å²) < 4.78 is 16.3. The van der Waals surface area contributed by atoms with Crippen LogP contribution in [0.25, 0.3) is 11.3 Å². The molecule has 0 amide bonds. The van der Waals surface area contributed by atoms with E-state index in [-0.39, 0.29) is 5.92 Å². The molecule has 1 aromatic heterocycles. The summed E-state index contributed by atoms with van der Waals surface area (Å²) in [6.45, 7) is 3.19. The van der Waals surface area contributed by atoms with Crippen LogP contribution in [0.4, 0.5) is 0 Å². The molecule has 0 radical (unpaired) electrons. The highest BCUT2D eigenvalue weighted by Crippen LogP contribution is 2.33. The molecular formula is C17H21BN2O4. The lowest BCUT2D eigenvalue weighted by Gasteiger charge is -2.12. The molecule has 7 heteroatoms. The van der Waals surface area contributed by atoms with Gasteiger partial charge in [0, 0.05) is 18.1 Å². The maximum atomic E-state index is 9.54. The first-order valence-electron chi connectivity index (χ1n) is 8.14. The van der Waals surface area contributed by atoms with Gasteiger partial charge in [-0.3, -0.25) is 0 Å². The maximum absolute atomic E-state index is 9.54. The molecule has 1 saturated heterocycles. The van der Waals surface area contributed by atoms with E-state index in [0.717, 1.165) is 23.2 Å². The lowest BCUT2D eigenvalue weighted by molar-refractivity contribution is 0.292. The van der Waals surface area contributed by atoms with Crippen LogP contribution < -0.4 is 9.47 Å². The molecule has 2 aromatic rings. The second-order valence-corrected chi connectivity index (χ2v) is 5.81. The summed E-state index contributed by atoms with van der Waals surface area (Å²) in [5.41, 5.74) is 2.69. The number of hydrogen-bond acceptors (Lipinski definition) is 6. The van der Waals surface area contributed by atoms with E-state index in [1.165, 1.54) is 0 Å². The van der Waals surface area contributed by atoms with Crippen molar-refractivity contribution in [3.8, 4) is 22.8 Å². The van der Waals surface area contributed by atoms with Gasteiger partial charge in [0.1, 0.15) is 0 Å². The topological polar surface area (TPSA) is 73.7 Å². The number of hydrogen-bond donors (Lipinski definition) is 1. The van der Waals surface area contributed by atoms with E-state index in [1.54, 1.807) is 13.3 Å². The van der Waals surface area contributed by atoms with Crippen molar-refractivity contribution in [2.45, 2.75) is 25.6 Å². The van der Waals surface area contributed by atoms with Crippen LogP contribution in [0, 0.1) is 0 Å². The van der Waals surface area contributed by atoms with Gasteiger partial charge in [-0.15, -0.1) is 0 Å². The molecule has 0 bridgehead atoms. The molecular weight excluding hydrogens is 307 g/mol. The zero-order valence-corrected chi connectivity index (χ0v) is 13.9. The van der Waals surface area contributed by atoms with Crippen molar-refractivity contribution < 1.29 is 19.2 Å². The van der Waals surface area contributed by atoms with E-state index in [0.29, 0.717) is 31.0 Å². The summed E-state index contributed by atoms with van der Waals surface area (Å²) in [4.78, 5) is 0. The number of aromatic nitrogens is 2. The third kappa shape index (κ3) is 3.68. The molecule has 1 aliphatic heterocycles. The van der Waals surface area contributed by atoms with Gasteiger partial charge in [-0.05, 0) is 42.6 Å². The van der Waals surface area contributed by atoms with Crippen molar-refractivity contribution >= 4 is 7.12 Å². The van der Waals surface area contributed by atoms with Crippen molar-refractivity contribution in [1.29, 1.82) is 0 Å². The number of rotatable bonds is 6. The van der Waals surface area contributed by atoms with Gasteiger partial charge in [-0.25, -0.2) is 0 Å². The molecule has 24 heavy (non-hydrogen) atoms. The summed E-state index contributed by atoms with van der Waals surface area (Å²) in [5, 5.41) is 17.9. The molecule has 1 aromatic carbocycles. The minimum atomic E-state index is -0.693. The van der Waals surface area contributed by atoms with Gasteiger partial charge in [-0.1, -0.05) is 6.92 Å². The Morgan fingerprint density at radius 2 is 2.21 bits per heavy atom. The van der Waals surface area contributed by atoms with Crippen LogP contribution in [0.2, 0.25) is 6.32 Å². The molecule has 0 unspecified atom stereocenters. The largest absolute Gasteiger partial charge is 0.493 e.